The van der Waals surface area contributed by atoms with Crippen LogP contribution in [0.15, 0.2) is 97.2 Å². The monoisotopic (exact) mass is 1000 g/mol. The van der Waals surface area contributed by atoms with E-state index in [9.17, 15) is 33.1 Å². The summed E-state index contributed by atoms with van der Waals surface area (Å²) in [5.41, 5.74) is 0. The van der Waals surface area contributed by atoms with Crippen LogP contribution < -0.4 is 0 Å². The summed E-state index contributed by atoms with van der Waals surface area (Å²) in [5.74, 6) is -0.420. The lowest BCUT2D eigenvalue weighted by molar-refractivity contribution is -0.301. The first kappa shape index (κ1) is 65.0. The lowest BCUT2D eigenvalue weighted by Gasteiger charge is -2.41. The number of esters is 1. The Morgan fingerprint density at radius 2 is 0.986 bits per heavy atom. The highest BCUT2D eigenvalue weighted by atomic mass is 32.3. The van der Waals surface area contributed by atoms with Gasteiger partial charge in [0, 0.05) is 13.0 Å². The van der Waals surface area contributed by atoms with E-state index >= 15 is 0 Å². The Balaban J connectivity index is 2.38. The molecule has 0 amide bonds. The van der Waals surface area contributed by atoms with Gasteiger partial charge in [0.1, 0.15) is 30.5 Å². The maximum atomic E-state index is 12.9. The molecular formula is C57H96O12S. The van der Waals surface area contributed by atoms with Gasteiger partial charge in [-0.25, -0.2) is 4.18 Å². The van der Waals surface area contributed by atoms with E-state index in [4.69, 9.17) is 18.9 Å². The average molecular weight is 1010 g/mol. The van der Waals surface area contributed by atoms with Crippen LogP contribution in [0.25, 0.3) is 0 Å². The third-order valence-electron chi connectivity index (χ3n) is 11.7. The standard InChI is InChI=1S/C57H96O12S/c1-3-5-7-9-11-13-15-17-19-21-23-25-27-29-31-33-35-37-39-41-43-45-47-65-49-51(50-66-57-55(61)56(69-70(62,63)64)54(60)52(48-58)68-57)67-53(59)46-44-42-40-38-36-34-32-30-28-26-24-22-20-18-16-14-12-10-8-6-4-2/h5,7,11,13,16-19,22-25,28-31,51-52,54-58,60-61H,3-4,6,8-10,12,14-15,20-21,26-27,32-50H2,1-2H3,(H,62,63,64)/b7-5-,13-11-,18-16-,19-17-,24-22-,25-23-,30-28-,31-29-. The largest absolute Gasteiger partial charge is 0.457 e. The molecular weight excluding hydrogens is 909 g/mol. The van der Waals surface area contributed by atoms with Crippen LogP contribution in [0.3, 0.4) is 0 Å². The highest BCUT2D eigenvalue weighted by Crippen LogP contribution is 2.26. The molecule has 12 nitrogen and oxygen atoms in total. The molecule has 0 aromatic carbocycles. The van der Waals surface area contributed by atoms with Crippen molar-refractivity contribution in [1.82, 2.24) is 0 Å². The van der Waals surface area contributed by atoms with Crippen molar-refractivity contribution in [2.45, 2.75) is 230 Å². The molecule has 6 atom stereocenters. The van der Waals surface area contributed by atoms with E-state index in [0.29, 0.717) is 13.0 Å². The number of rotatable bonds is 46. The maximum absolute atomic E-state index is 12.9. The molecule has 1 aliphatic rings. The first-order valence-corrected chi connectivity index (χ1v) is 28.4. The first-order chi connectivity index (χ1) is 34.1. The van der Waals surface area contributed by atoms with Gasteiger partial charge in [-0.15, -0.1) is 0 Å². The Morgan fingerprint density at radius 1 is 0.557 bits per heavy atom. The van der Waals surface area contributed by atoms with Crippen LogP contribution in [0.4, 0.5) is 0 Å². The quantitative estimate of drug-likeness (QED) is 0.0197. The summed E-state index contributed by atoms with van der Waals surface area (Å²) in [6.07, 6.45) is 55.7. The summed E-state index contributed by atoms with van der Waals surface area (Å²) >= 11 is 0. The molecule has 0 aromatic heterocycles. The Hall–Kier alpha value is -2.98. The summed E-state index contributed by atoms with van der Waals surface area (Å²) in [4.78, 5) is 12.9. The lowest BCUT2D eigenvalue weighted by Crippen LogP contribution is -2.60. The Labute approximate surface area is 425 Å². The zero-order chi connectivity index (χ0) is 51.0. The van der Waals surface area contributed by atoms with Gasteiger partial charge in [0.2, 0.25) is 0 Å². The first-order valence-electron chi connectivity index (χ1n) is 27.0. The summed E-state index contributed by atoms with van der Waals surface area (Å²) in [7, 11) is -5.08. The van der Waals surface area contributed by atoms with Gasteiger partial charge in [-0.1, -0.05) is 188 Å². The van der Waals surface area contributed by atoms with Crippen LogP contribution in [0.2, 0.25) is 0 Å². The fraction of sp³-hybridized carbons (Fsp3) is 0.702. The Bertz CT molecular complexity index is 1580. The molecule has 0 radical (unpaired) electrons. The Kier molecular flexibility index (Phi) is 43.7. The molecule has 1 saturated heterocycles. The molecule has 1 rings (SSSR count). The van der Waals surface area contributed by atoms with Gasteiger partial charge >= 0.3 is 16.4 Å². The molecule has 4 N–H and O–H groups in total. The number of hydrogen-bond acceptors (Lipinski definition) is 11. The number of carbonyl (C=O) groups excluding carboxylic acids is 1. The van der Waals surface area contributed by atoms with Crippen LogP contribution in [0, 0.1) is 0 Å². The molecule has 1 aliphatic heterocycles. The number of ether oxygens (including phenoxy) is 4. The molecule has 1 heterocycles. The predicted molar refractivity (Wildman–Crippen MR) is 285 cm³/mol. The number of allylic oxidation sites excluding steroid dienone is 16. The van der Waals surface area contributed by atoms with Gasteiger partial charge in [0.05, 0.1) is 19.8 Å². The fourth-order valence-corrected chi connectivity index (χ4v) is 8.16. The molecule has 70 heavy (non-hydrogen) atoms. The molecule has 0 aliphatic carbocycles. The van der Waals surface area contributed by atoms with Crippen molar-refractivity contribution < 1.29 is 56.2 Å². The number of unbranched alkanes of at least 4 members (excludes halogenated alkanes) is 17. The fourth-order valence-electron chi connectivity index (χ4n) is 7.65. The van der Waals surface area contributed by atoms with Crippen molar-refractivity contribution >= 4 is 16.4 Å². The topological polar surface area (TPSA) is 178 Å². The average Bonchev–Trinajstić information content (AvgIpc) is 3.34. The van der Waals surface area contributed by atoms with Crippen molar-refractivity contribution in [2.75, 3.05) is 26.4 Å². The van der Waals surface area contributed by atoms with Crippen LogP contribution >= 0.6 is 0 Å². The smallest absolute Gasteiger partial charge is 0.397 e. The molecule has 0 aromatic rings. The van der Waals surface area contributed by atoms with Crippen molar-refractivity contribution in [3.8, 4) is 0 Å². The van der Waals surface area contributed by atoms with Crippen LogP contribution in [0.1, 0.15) is 194 Å². The number of aliphatic hydroxyl groups excluding tert-OH is 3. The predicted octanol–water partition coefficient (Wildman–Crippen LogP) is 13.0. The number of hydrogen-bond donors (Lipinski definition) is 4. The van der Waals surface area contributed by atoms with E-state index in [-0.39, 0.29) is 19.6 Å². The normalized spacial score (nSPS) is 19.9. The molecule has 0 bridgehead atoms. The molecule has 1 fully saturated rings. The van der Waals surface area contributed by atoms with Crippen molar-refractivity contribution in [1.29, 1.82) is 0 Å². The van der Waals surface area contributed by atoms with Crippen molar-refractivity contribution in [3.05, 3.63) is 97.2 Å². The maximum Gasteiger partial charge on any atom is 0.397 e. The van der Waals surface area contributed by atoms with Gasteiger partial charge in [0.15, 0.2) is 6.29 Å². The summed E-state index contributed by atoms with van der Waals surface area (Å²) in [6, 6.07) is 0. The minimum Gasteiger partial charge on any atom is -0.457 e. The zero-order valence-corrected chi connectivity index (χ0v) is 44.1. The van der Waals surface area contributed by atoms with Crippen LogP contribution in [-0.2, 0) is 38.3 Å². The highest BCUT2D eigenvalue weighted by Gasteiger charge is 2.48. The molecule has 0 saturated carbocycles. The van der Waals surface area contributed by atoms with E-state index < -0.39 is 59.8 Å². The van der Waals surface area contributed by atoms with Gasteiger partial charge in [-0.05, 0) is 96.3 Å². The van der Waals surface area contributed by atoms with E-state index in [2.05, 4.69) is 115 Å². The molecule has 402 valence electrons. The third-order valence-corrected chi connectivity index (χ3v) is 12.2. The zero-order valence-electron chi connectivity index (χ0n) is 43.3. The van der Waals surface area contributed by atoms with Crippen molar-refractivity contribution in [3.63, 3.8) is 0 Å². The molecule has 0 spiro atoms. The second-order valence-corrected chi connectivity index (χ2v) is 19.1. The number of carbonyl (C=O) groups is 1. The van der Waals surface area contributed by atoms with Crippen LogP contribution in [0.5, 0.6) is 0 Å². The van der Waals surface area contributed by atoms with E-state index in [1.807, 2.05) is 0 Å². The summed E-state index contributed by atoms with van der Waals surface area (Å²) < 4.78 is 59.3. The van der Waals surface area contributed by atoms with E-state index in [1.54, 1.807) is 0 Å². The highest BCUT2D eigenvalue weighted by molar-refractivity contribution is 7.80. The van der Waals surface area contributed by atoms with E-state index in [0.717, 1.165) is 128 Å². The van der Waals surface area contributed by atoms with Gasteiger partial charge in [0.25, 0.3) is 0 Å². The second kappa shape index (κ2) is 47.1. The molecule has 6 unspecified atom stereocenters. The lowest BCUT2D eigenvalue weighted by atomic mass is 9.99. The third kappa shape index (κ3) is 39.6. The second-order valence-electron chi connectivity index (χ2n) is 18.1. The Morgan fingerprint density at radius 3 is 1.44 bits per heavy atom. The van der Waals surface area contributed by atoms with Gasteiger partial charge in [-0.3, -0.25) is 9.35 Å². The minimum absolute atomic E-state index is 0.0141. The summed E-state index contributed by atoms with van der Waals surface area (Å²) in [6.45, 7) is 3.81. The number of aliphatic hydroxyl groups is 3. The molecule has 13 heteroatoms. The summed E-state index contributed by atoms with van der Waals surface area (Å²) in [5, 5.41) is 30.8. The van der Waals surface area contributed by atoms with Gasteiger partial charge in [-0.2, -0.15) is 8.42 Å². The van der Waals surface area contributed by atoms with Crippen LogP contribution in [-0.4, -0.2) is 97.5 Å². The SMILES string of the molecule is CC/C=C\C/C=C\C/C=C\C/C=C\C/C=C\CCCCCCCCOCC(COC1OC(CO)C(O)C(OS(=O)(=O)O)C1O)OC(=O)CCCCCCCC/C=C\C/C=C\C/C=C\CCCCCCC. The minimum atomic E-state index is -5.08. The van der Waals surface area contributed by atoms with E-state index in [1.165, 1.54) is 38.5 Å². The van der Waals surface area contributed by atoms with Crippen molar-refractivity contribution in [2.24, 2.45) is 0 Å². The van der Waals surface area contributed by atoms with Gasteiger partial charge < -0.3 is 34.3 Å².